The summed E-state index contributed by atoms with van der Waals surface area (Å²) in [6, 6.07) is 32.7. The molecule has 0 bridgehead atoms. The summed E-state index contributed by atoms with van der Waals surface area (Å²) in [5, 5.41) is 3.79. The van der Waals surface area contributed by atoms with Crippen molar-refractivity contribution >= 4 is 32.7 Å². The molecule has 2 aromatic heterocycles. The van der Waals surface area contributed by atoms with Crippen LogP contribution >= 0.6 is 0 Å². The molecule has 32 heavy (non-hydrogen) atoms. The molecule has 0 saturated carbocycles. The van der Waals surface area contributed by atoms with Crippen LogP contribution in [0.15, 0.2) is 97.2 Å². The Morgan fingerprint density at radius 2 is 1.44 bits per heavy atom. The minimum Gasteiger partial charge on any atom is -0.309 e. The monoisotopic (exact) mass is 410 g/mol. The summed E-state index contributed by atoms with van der Waals surface area (Å²) in [6.45, 7) is 4.68. The van der Waals surface area contributed by atoms with Crippen molar-refractivity contribution in [2.24, 2.45) is 0 Å². The fraction of sp³-hybridized carbons (Fsp3) is 0.100. The predicted molar refractivity (Wildman–Crippen MR) is 134 cm³/mol. The van der Waals surface area contributed by atoms with Gasteiger partial charge in [-0.1, -0.05) is 80.6 Å². The fourth-order valence-corrected chi connectivity index (χ4v) is 5.89. The molecular formula is C30H22N2. The van der Waals surface area contributed by atoms with Crippen LogP contribution in [0.3, 0.4) is 0 Å². The number of aromatic nitrogens is 2. The van der Waals surface area contributed by atoms with Gasteiger partial charge in [-0.2, -0.15) is 0 Å². The van der Waals surface area contributed by atoms with Crippen LogP contribution in [0.5, 0.6) is 0 Å². The minimum atomic E-state index is -0.120. The van der Waals surface area contributed by atoms with Gasteiger partial charge in [0.15, 0.2) is 0 Å². The van der Waals surface area contributed by atoms with Crippen molar-refractivity contribution in [3.05, 3.63) is 108 Å². The lowest BCUT2D eigenvalue weighted by Crippen LogP contribution is -2.16. The number of pyridine rings is 1. The molecule has 0 amide bonds. The molecular weight excluding hydrogens is 388 g/mol. The summed E-state index contributed by atoms with van der Waals surface area (Å²) < 4.78 is 2.45. The average Bonchev–Trinajstić information content (AvgIpc) is 3.30. The molecule has 0 unspecified atom stereocenters. The third kappa shape index (κ3) is 2.07. The molecule has 6 aromatic rings. The highest BCUT2D eigenvalue weighted by Gasteiger charge is 2.40. The average molecular weight is 411 g/mol. The van der Waals surface area contributed by atoms with E-state index in [2.05, 4.69) is 109 Å². The van der Waals surface area contributed by atoms with Crippen LogP contribution in [0, 0.1) is 0 Å². The van der Waals surface area contributed by atoms with Gasteiger partial charge in [-0.25, -0.2) is 0 Å². The fourth-order valence-electron chi connectivity index (χ4n) is 5.89. The van der Waals surface area contributed by atoms with Crippen molar-refractivity contribution in [2.75, 3.05) is 0 Å². The Balaban J connectivity index is 1.86. The Bertz CT molecular complexity index is 1690. The van der Waals surface area contributed by atoms with Crippen molar-refractivity contribution in [3.63, 3.8) is 0 Å². The molecule has 0 aliphatic heterocycles. The van der Waals surface area contributed by atoms with Gasteiger partial charge >= 0.3 is 0 Å². The van der Waals surface area contributed by atoms with Gasteiger partial charge < -0.3 is 4.57 Å². The van der Waals surface area contributed by atoms with E-state index in [0.717, 1.165) is 5.52 Å². The molecule has 0 fully saturated rings. The van der Waals surface area contributed by atoms with Crippen LogP contribution in [0.1, 0.15) is 25.0 Å². The van der Waals surface area contributed by atoms with Crippen molar-refractivity contribution in [1.82, 2.24) is 9.55 Å². The van der Waals surface area contributed by atoms with E-state index in [-0.39, 0.29) is 5.41 Å². The van der Waals surface area contributed by atoms with Gasteiger partial charge in [-0.05, 0) is 41.0 Å². The molecule has 2 heteroatoms. The van der Waals surface area contributed by atoms with Crippen molar-refractivity contribution < 1.29 is 0 Å². The Morgan fingerprint density at radius 3 is 2.31 bits per heavy atom. The zero-order valence-electron chi connectivity index (χ0n) is 18.1. The molecule has 1 aliphatic carbocycles. The van der Waals surface area contributed by atoms with Crippen LogP contribution in [0.2, 0.25) is 0 Å². The van der Waals surface area contributed by atoms with E-state index in [1.165, 1.54) is 55.1 Å². The van der Waals surface area contributed by atoms with E-state index in [4.69, 9.17) is 4.98 Å². The molecule has 0 radical (unpaired) electrons. The van der Waals surface area contributed by atoms with E-state index in [1.807, 2.05) is 6.20 Å². The van der Waals surface area contributed by atoms with E-state index >= 15 is 0 Å². The van der Waals surface area contributed by atoms with E-state index in [9.17, 15) is 0 Å². The molecule has 2 heterocycles. The maximum atomic E-state index is 4.96. The number of rotatable bonds is 1. The van der Waals surface area contributed by atoms with E-state index < -0.39 is 0 Å². The van der Waals surface area contributed by atoms with Gasteiger partial charge in [0.2, 0.25) is 0 Å². The second-order valence-corrected chi connectivity index (χ2v) is 9.23. The van der Waals surface area contributed by atoms with Gasteiger partial charge in [0.25, 0.3) is 0 Å². The van der Waals surface area contributed by atoms with Crippen LogP contribution in [-0.2, 0) is 5.41 Å². The lowest BCUT2D eigenvalue weighted by Gasteiger charge is -2.23. The Kier molecular flexibility index (Phi) is 3.37. The first-order valence-electron chi connectivity index (χ1n) is 11.2. The second kappa shape index (κ2) is 6.08. The first kappa shape index (κ1) is 17.7. The number of para-hydroxylation sites is 2. The van der Waals surface area contributed by atoms with Gasteiger partial charge in [-0.15, -0.1) is 0 Å². The highest BCUT2D eigenvalue weighted by molar-refractivity contribution is 6.26. The predicted octanol–water partition coefficient (Wildman–Crippen LogP) is 7.64. The number of benzene rings is 4. The van der Waals surface area contributed by atoms with Crippen molar-refractivity contribution in [1.29, 1.82) is 0 Å². The second-order valence-electron chi connectivity index (χ2n) is 9.23. The Morgan fingerprint density at radius 1 is 0.719 bits per heavy atom. The first-order valence-corrected chi connectivity index (χ1v) is 11.2. The van der Waals surface area contributed by atoms with Gasteiger partial charge in [0, 0.05) is 39.0 Å². The van der Waals surface area contributed by atoms with Crippen LogP contribution in [0.25, 0.3) is 49.5 Å². The number of hydrogen-bond acceptors (Lipinski definition) is 1. The summed E-state index contributed by atoms with van der Waals surface area (Å²) in [5.74, 6) is 0. The molecule has 0 spiro atoms. The van der Waals surface area contributed by atoms with Gasteiger partial charge in [-0.3, -0.25) is 4.98 Å². The molecule has 0 atom stereocenters. The summed E-state index contributed by atoms with van der Waals surface area (Å²) >= 11 is 0. The van der Waals surface area contributed by atoms with Crippen molar-refractivity contribution in [3.8, 4) is 16.8 Å². The zero-order valence-corrected chi connectivity index (χ0v) is 18.1. The Hall–Kier alpha value is -3.91. The summed E-state index contributed by atoms with van der Waals surface area (Å²) in [7, 11) is 0. The molecule has 1 aliphatic rings. The largest absolute Gasteiger partial charge is 0.309 e. The Labute approximate surface area is 186 Å². The van der Waals surface area contributed by atoms with Crippen LogP contribution < -0.4 is 0 Å². The normalized spacial score (nSPS) is 14.2. The molecule has 0 saturated heterocycles. The highest BCUT2D eigenvalue weighted by atomic mass is 15.0. The number of hydrogen-bond donors (Lipinski definition) is 0. The lowest BCUT2D eigenvalue weighted by atomic mass is 9.81. The molecule has 0 N–H and O–H groups in total. The van der Waals surface area contributed by atoms with Gasteiger partial charge in [0.05, 0.1) is 16.6 Å². The summed E-state index contributed by atoms with van der Waals surface area (Å²) in [6.07, 6.45) is 1.93. The summed E-state index contributed by atoms with van der Waals surface area (Å²) in [4.78, 5) is 4.96. The molecule has 152 valence electrons. The third-order valence-corrected chi connectivity index (χ3v) is 7.18. The van der Waals surface area contributed by atoms with Crippen molar-refractivity contribution in [2.45, 2.75) is 19.3 Å². The first-order chi connectivity index (χ1) is 15.7. The highest BCUT2D eigenvalue weighted by Crippen LogP contribution is 2.55. The van der Waals surface area contributed by atoms with E-state index in [0.29, 0.717) is 0 Å². The standard InChI is InChI=1S/C30H22N2/c1-30(2)23-16-8-6-13-20(23)26-27(30)28-22(15-10-18-31-28)25-21-14-7-9-17-24(21)32(29(25)26)19-11-4-3-5-12-19/h3-18H,1-2H3. The van der Waals surface area contributed by atoms with E-state index in [1.54, 1.807) is 0 Å². The molecule has 4 aromatic carbocycles. The quantitative estimate of drug-likeness (QED) is 0.272. The summed E-state index contributed by atoms with van der Waals surface area (Å²) in [5.41, 5.74) is 10.1. The maximum absolute atomic E-state index is 4.96. The number of fused-ring (bicyclic) bond motifs is 10. The van der Waals surface area contributed by atoms with Crippen LogP contribution in [-0.4, -0.2) is 9.55 Å². The van der Waals surface area contributed by atoms with Crippen LogP contribution in [0.4, 0.5) is 0 Å². The van der Waals surface area contributed by atoms with Gasteiger partial charge in [0.1, 0.15) is 0 Å². The SMILES string of the molecule is CC1(C)c2ccccc2-c2c1c1ncccc1c1c3ccccc3n(-c3ccccc3)c21. The topological polar surface area (TPSA) is 17.8 Å². The minimum absolute atomic E-state index is 0.120. The lowest BCUT2D eigenvalue weighted by molar-refractivity contribution is 0.665. The number of nitrogens with zero attached hydrogens (tertiary/aromatic N) is 2. The molecule has 7 rings (SSSR count). The molecule has 2 nitrogen and oxygen atoms in total. The zero-order chi connectivity index (χ0) is 21.4. The third-order valence-electron chi connectivity index (χ3n) is 7.18. The maximum Gasteiger partial charge on any atom is 0.0756 e. The smallest absolute Gasteiger partial charge is 0.0756 e.